The van der Waals surface area contributed by atoms with Crippen molar-refractivity contribution >= 4 is 57.8 Å². The van der Waals surface area contributed by atoms with Crippen molar-refractivity contribution in [2.75, 3.05) is 11.9 Å². The molecule has 0 bridgehead atoms. The van der Waals surface area contributed by atoms with Crippen molar-refractivity contribution in [3.63, 3.8) is 0 Å². The van der Waals surface area contributed by atoms with Gasteiger partial charge in [0.2, 0.25) is 11.8 Å². The third kappa shape index (κ3) is 7.64. The number of fused-ring (bicyclic) bond motifs is 1. The lowest BCUT2D eigenvalue weighted by molar-refractivity contribution is -0.182. The zero-order valence-corrected chi connectivity index (χ0v) is 25.7. The van der Waals surface area contributed by atoms with Crippen LogP contribution in [0.3, 0.4) is 0 Å². The largest absolute Gasteiger partial charge is 0.471 e. The van der Waals surface area contributed by atoms with E-state index in [2.05, 4.69) is 30.9 Å². The number of amides is 2. The van der Waals surface area contributed by atoms with Crippen LogP contribution in [0, 0.1) is 5.92 Å². The minimum atomic E-state index is -4.31. The molecule has 1 aliphatic carbocycles. The summed E-state index contributed by atoms with van der Waals surface area (Å²) < 4.78 is 71.9. The predicted octanol–water partition coefficient (Wildman–Crippen LogP) is 6.77. The van der Waals surface area contributed by atoms with Crippen LogP contribution >= 0.6 is 23.2 Å². The van der Waals surface area contributed by atoms with Crippen LogP contribution in [0.4, 0.5) is 33.6 Å². The van der Waals surface area contributed by atoms with Crippen LogP contribution in [0.25, 0.3) is 11.2 Å². The monoisotopic (exact) mass is 687 g/mol. The van der Waals surface area contributed by atoms with E-state index in [-0.39, 0.29) is 76.5 Å². The molecule has 4 N–H and O–H groups in total. The summed E-state index contributed by atoms with van der Waals surface area (Å²) in [4.78, 5) is 37.1. The Bertz CT molecular complexity index is 1740. The van der Waals surface area contributed by atoms with Gasteiger partial charge in [0.25, 0.3) is 18.2 Å². The fourth-order valence-corrected chi connectivity index (χ4v) is 5.69. The van der Waals surface area contributed by atoms with Crippen molar-refractivity contribution < 1.29 is 36.3 Å². The van der Waals surface area contributed by atoms with E-state index in [0.717, 1.165) is 0 Å². The van der Waals surface area contributed by atoms with E-state index in [9.17, 15) is 31.5 Å². The third-order valence-corrected chi connectivity index (χ3v) is 8.33. The minimum Gasteiger partial charge on any atom is -0.471 e. The van der Waals surface area contributed by atoms with E-state index in [4.69, 9.17) is 27.9 Å². The lowest BCUT2D eigenvalue weighted by Crippen LogP contribution is -2.40. The number of aromatic amines is 1. The van der Waals surface area contributed by atoms with Gasteiger partial charge >= 0.3 is 6.18 Å². The molecule has 1 aromatic carbocycles. The first-order valence-electron chi connectivity index (χ1n) is 14.1. The lowest BCUT2D eigenvalue weighted by Gasteiger charge is -2.30. The molecule has 1 fully saturated rings. The Kier molecular flexibility index (Phi) is 9.91. The number of benzene rings is 1. The second-order valence-corrected chi connectivity index (χ2v) is 11.6. The van der Waals surface area contributed by atoms with Crippen LogP contribution in [-0.4, -0.2) is 56.6 Å². The SMILES string of the molecule is Cn1cccc1C(=O)NCc1ccc(Cl)c(Nc2nc3nc(OCC(F)F)c(C(=O)NC4CCC(C(F)(F)F)CC4)cc3[nH]2)c1Cl. The van der Waals surface area contributed by atoms with E-state index in [1.54, 1.807) is 42.1 Å². The molecule has 10 nitrogen and oxygen atoms in total. The van der Waals surface area contributed by atoms with Crippen molar-refractivity contribution in [2.45, 2.75) is 50.9 Å². The van der Waals surface area contributed by atoms with Gasteiger partial charge in [0.15, 0.2) is 12.3 Å². The van der Waals surface area contributed by atoms with Crippen LogP contribution < -0.4 is 20.7 Å². The molecule has 0 radical (unpaired) electrons. The fourth-order valence-electron chi connectivity index (χ4n) is 5.16. The molecule has 0 atom stereocenters. The first-order chi connectivity index (χ1) is 21.8. The Morgan fingerprint density at radius 1 is 1.11 bits per heavy atom. The average Bonchev–Trinajstić information content (AvgIpc) is 3.61. The zero-order valence-electron chi connectivity index (χ0n) is 24.2. The summed E-state index contributed by atoms with van der Waals surface area (Å²) in [5.41, 5.74) is 1.26. The molecule has 1 aliphatic rings. The second kappa shape index (κ2) is 13.7. The highest BCUT2D eigenvalue weighted by atomic mass is 35.5. The van der Waals surface area contributed by atoms with Crippen molar-refractivity contribution in [3.05, 3.63) is 63.4 Å². The number of hydrogen-bond donors (Lipinski definition) is 4. The molecule has 46 heavy (non-hydrogen) atoms. The molecule has 2 amide bonds. The number of aromatic nitrogens is 4. The number of pyridine rings is 1. The minimum absolute atomic E-state index is 0.00670. The molecular formula is C29H28Cl2F5N7O3. The van der Waals surface area contributed by atoms with Gasteiger partial charge in [-0.3, -0.25) is 9.59 Å². The number of rotatable bonds is 10. The Morgan fingerprint density at radius 3 is 2.50 bits per heavy atom. The van der Waals surface area contributed by atoms with Crippen LogP contribution in [0.15, 0.2) is 36.5 Å². The number of imidazole rings is 1. The molecule has 17 heteroatoms. The van der Waals surface area contributed by atoms with E-state index in [0.29, 0.717) is 11.3 Å². The smallest absolute Gasteiger partial charge is 0.391 e. The number of alkyl halides is 5. The Hall–Kier alpha value is -4.11. The van der Waals surface area contributed by atoms with Crippen LogP contribution in [0.5, 0.6) is 5.88 Å². The first-order valence-corrected chi connectivity index (χ1v) is 14.9. The molecule has 246 valence electrons. The average molecular weight is 688 g/mol. The number of carbonyl (C=O) groups excluding carboxylic acids is 2. The highest BCUT2D eigenvalue weighted by Crippen LogP contribution is 2.38. The number of halogens is 7. The van der Waals surface area contributed by atoms with E-state index in [1.807, 2.05) is 0 Å². The number of nitrogens with one attached hydrogen (secondary N) is 4. The highest BCUT2D eigenvalue weighted by molar-refractivity contribution is 6.39. The fraction of sp³-hybridized carbons (Fsp3) is 0.379. The third-order valence-electron chi connectivity index (χ3n) is 7.58. The normalized spacial score (nSPS) is 16.9. The number of hydrogen-bond acceptors (Lipinski definition) is 6. The Labute approximate surface area is 269 Å². The molecule has 1 saturated carbocycles. The van der Waals surface area contributed by atoms with Gasteiger partial charge in [-0.2, -0.15) is 23.1 Å². The van der Waals surface area contributed by atoms with Gasteiger partial charge in [-0.15, -0.1) is 0 Å². The Morgan fingerprint density at radius 2 is 1.85 bits per heavy atom. The van der Waals surface area contributed by atoms with Gasteiger partial charge in [0.1, 0.15) is 11.3 Å². The molecule has 3 aromatic heterocycles. The Balaban J connectivity index is 1.35. The summed E-state index contributed by atoms with van der Waals surface area (Å²) in [5.74, 6) is -2.82. The standard InChI is InChI=1S/C29H28Cl2F5N7O3/c1-43-10-2-3-20(43)26(45)37-12-14-4-9-18(30)23(22(14)31)40-28-39-19-11-17(27(41-24(19)42-28)46-13-21(32)33)25(44)38-16-7-5-15(6-8-16)29(34,35)36/h2-4,9-11,15-16,21H,5-8,12-13H2,1H3,(H,37,45)(H,38,44)(H2,39,40,41,42). The van der Waals surface area contributed by atoms with E-state index >= 15 is 0 Å². The summed E-state index contributed by atoms with van der Waals surface area (Å²) in [6.07, 6.45) is -5.49. The molecule has 0 unspecified atom stereocenters. The van der Waals surface area contributed by atoms with Crippen molar-refractivity contribution in [1.29, 1.82) is 0 Å². The second-order valence-electron chi connectivity index (χ2n) is 10.8. The maximum absolute atomic E-state index is 13.2. The van der Waals surface area contributed by atoms with Gasteiger partial charge in [-0.25, -0.2) is 8.78 Å². The van der Waals surface area contributed by atoms with Crippen LogP contribution in [0.2, 0.25) is 10.0 Å². The maximum atomic E-state index is 13.2. The summed E-state index contributed by atoms with van der Waals surface area (Å²) in [6.45, 7) is -0.971. The summed E-state index contributed by atoms with van der Waals surface area (Å²) in [7, 11) is 1.74. The molecule has 4 aromatic rings. The summed E-state index contributed by atoms with van der Waals surface area (Å²) >= 11 is 13.0. The van der Waals surface area contributed by atoms with Gasteiger partial charge in [-0.05, 0) is 55.5 Å². The molecular weight excluding hydrogens is 660 g/mol. The number of ether oxygens (including phenoxy) is 1. The molecule has 5 rings (SSSR count). The van der Waals surface area contributed by atoms with Crippen molar-refractivity contribution in [1.82, 2.24) is 30.2 Å². The molecule has 3 heterocycles. The van der Waals surface area contributed by atoms with Crippen LogP contribution in [0.1, 0.15) is 52.1 Å². The molecule has 0 aliphatic heterocycles. The van der Waals surface area contributed by atoms with Crippen molar-refractivity contribution in [2.24, 2.45) is 13.0 Å². The van der Waals surface area contributed by atoms with Crippen LogP contribution in [-0.2, 0) is 13.6 Å². The number of carbonyl (C=O) groups is 2. The van der Waals surface area contributed by atoms with Gasteiger partial charge in [0.05, 0.1) is 27.2 Å². The topological polar surface area (TPSA) is 126 Å². The summed E-state index contributed by atoms with van der Waals surface area (Å²) in [5, 5.41) is 8.82. The predicted molar refractivity (Wildman–Crippen MR) is 161 cm³/mol. The van der Waals surface area contributed by atoms with Gasteiger partial charge < -0.3 is 30.2 Å². The lowest BCUT2D eigenvalue weighted by atomic mass is 9.85. The number of anilines is 2. The van der Waals surface area contributed by atoms with E-state index < -0.39 is 43.0 Å². The number of nitrogens with zero attached hydrogens (tertiary/aromatic N) is 3. The number of aryl methyl sites for hydroxylation is 1. The van der Waals surface area contributed by atoms with E-state index in [1.165, 1.54) is 6.07 Å². The van der Waals surface area contributed by atoms with Crippen molar-refractivity contribution in [3.8, 4) is 5.88 Å². The zero-order chi connectivity index (χ0) is 33.2. The maximum Gasteiger partial charge on any atom is 0.391 e. The number of H-pyrrole nitrogens is 1. The quantitative estimate of drug-likeness (QED) is 0.136. The molecule has 0 spiro atoms. The van der Waals surface area contributed by atoms with Gasteiger partial charge in [-0.1, -0.05) is 29.3 Å². The summed E-state index contributed by atoms with van der Waals surface area (Å²) in [6, 6.07) is 7.39. The highest BCUT2D eigenvalue weighted by Gasteiger charge is 2.41. The molecule has 0 saturated heterocycles. The first kappa shape index (κ1) is 33.3. The van der Waals surface area contributed by atoms with Gasteiger partial charge in [0, 0.05) is 25.8 Å².